The maximum absolute atomic E-state index is 14.4. The van der Waals surface area contributed by atoms with Crippen LogP contribution in [0.3, 0.4) is 0 Å². The number of rotatable bonds is 7. The summed E-state index contributed by atoms with van der Waals surface area (Å²) in [5.41, 5.74) is 3.99. The number of hydrogen-bond acceptors (Lipinski definition) is 7. The molecule has 1 aromatic carbocycles. The molecule has 0 N–H and O–H groups in total. The topological polar surface area (TPSA) is 77.3 Å². The standard InChI is InChI=1S/C25H24F4N4O3S2/c1-32(18-7-10-38(34,35)11-8-18)9-6-17-13-33(23-14-37-15-30-23)24-19(17)3-4-21(31-24)16-2-5-22(20(26)12-16)36-25(27,28)29/h2-5,12-15,18H,6-11H2,1H3. The van der Waals surface area contributed by atoms with Gasteiger partial charge >= 0.3 is 6.36 Å². The van der Waals surface area contributed by atoms with Crippen LogP contribution in [0.25, 0.3) is 28.1 Å². The molecule has 0 amide bonds. The molecule has 1 aliphatic rings. The average molecular weight is 569 g/mol. The molecule has 0 unspecified atom stereocenters. The van der Waals surface area contributed by atoms with Gasteiger partial charge in [0.25, 0.3) is 0 Å². The highest BCUT2D eigenvalue weighted by Crippen LogP contribution is 2.31. The number of halogens is 4. The Morgan fingerprint density at radius 1 is 1.18 bits per heavy atom. The number of thiazole rings is 1. The van der Waals surface area contributed by atoms with E-state index in [1.807, 2.05) is 29.3 Å². The van der Waals surface area contributed by atoms with Gasteiger partial charge in [0.05, 0.1) is 22.7 Å². The van der Waals surface area contributed by atoms with Crippen molar-refractivity contribution in [3.8, 4) is 22.8 Å². The van der Waals surface area contributed by atoms with Gasteiger partial charge in [-0.2, -0.15) is 0 Å². The number of alkyl halides is 3. The number of benzene rings is 1. The number of hydrogen-bond donors (Lipinski definition) is 0. The summed E-state index contributed by atoms with van der Waals surface area (Å²) in [6.07, 6.45) is -1.11. The maximum Gasteiger partial charge on any atom is 0.573 e. The van der Waals surface area contributed by atoms with Crippen LogP contribution in [0.1, 0.15) is 18.4 Å². The Hall–Kier alpha value is -3.03. The molecular weight excluding hydrogens is 544 g/mol. The van der Waals surface area contributed by atoms with Crippen molar-refractivity contribution in [2.24, 2.45) is 0 Å². The largest absolute Gasteiger partial charge is 0.573 e. The van der Waals surface area contributed by atoms with Crippen LogP contribution < -0.4 is 4.74 Å². The lowest BCUT2D eigenvalue weighted by molar-refractivity contribution is -0.275. The summed E-state index contributed by atoms with van der Waals surface area (Å²) < 4.78 is 81.0. The van der Waals surface area contributed by atoms with E-state index in [4.69, 9.17) is 4.98 Å². The van der Waals surface area contributed by atoms with E-state index < -0.39 is 27.8 Å². The van der Waals surface area contributed by atoms with Crippen LogP contribution in [0.4, 0.5) is 17.6 Å². The summed E-state index contributed by atoms with van der Waals surface area (Å²) in [5, 5.41) is 2.74. The molecule has 0 saturated carbocycles. The van der Waals surface area contributed by atoms with E-state index in [0.717, 1.165) is 23.1 Å². The monoisotopic (exact) mass is 568 g/mol. The van der Waals surface area contributed by atoms with Crippen LogP contribution in [0.15, 0.2) is 47.4 Å². The van der Waals surface area contributed by atoms with Crippen LogP contribution in [0.5, 0.6) is 5.75 Å². The van der Waals surface area contributed by atoms with Gasteiger partial charge < -0.3 is 9.64 Å². The molecule has 13 heteroatoms. The highest BCUT2D eigenvalue weighted by molar-refractivity contribution is 7.91. The van der Waals surface area contributed by atoms with Crippen molar-refractivity contribution in [3.63, 3.8) is 0 Å². The first-order valence-corrected chi connectivity index (χ1v) is 14.6. The van der Waals surface area contributed by atoms with Crippen molar-refractivity contribution < 1.29 is 30.7 Å². The third-order valence-electron chi connectivity index (χ3n) is 6.73. The van der Waals surface area contributed by atoms with Crippen LogP contribution in [-0.4, -0.2) is 65.4 Å². The van der Waals surface area contributed by atoms with Crippen molar-refractivity contribution in [2.45, 2.75) is 31.7 Å². The Morgan fingerprint density at radius 2 is 1.95 bits per heavy atom. The lowest BCUT2D eigenvalue weighted by Gasteiger charge is -2.31. The molecule has 0 radical (unpaired) electrons. The van der Waals surface area contributed by atoms with E-state index in [0.29, 0.717) is 48.5 Å². The molecule has 1 saturated heterocycles. The maximum atomic E-state index is 14.4. The number of sulfone groups is 1. The summed E-state index contributed by atoms with van der Waals surface area (Å²) in [7, 11) is -0.933. The molecular formula is C25H24F4N4O3S2. The number of fused-ring (bicyclic) bond motifs is 1. The van der Waals surface area contributed by atoms with Crippen molar-refractivity contribution >= 4 is 32.2 Å². The van der Waals surface area contributed by atoms with Gasteiger partial charge in [-0.15, -0.1) is 24.5 Å². The predicted molar refractivity (Wildman–Crippen MR) is 137 cm³/mol. The second-order valence-electron chi connectivity index (χ2n) is 9.25. The molecule has 0 aliphatic carbocycles. The predicted octanol–water partition coefficient (Wildman–Crippen LogP) is 5.24. The molecule has 4 heterocycles. The first-order valence-electron chi connectivity index (χ1n) is 11.8. The highest BCUT2D eigenvalue weighted by atomic mass is 32.2. The van der Waals surface area contributed by atoms with Gasteiger partial charge in [0, 0.05) is 35.1 Å². The minimum absolute atomic E-state index is 0.203. The molecule has 7 nitrogen and oxygen atoms in total. The number of likely N-dealkylation sites (N-methyl/N-ethyl adjacent to an activating group) is 1. The van der Waals surface area contributed by atoms with E-state index in [1.165, 1.54) is 17.4 Å². The Balaban J connectivity index is 1.43. The average Bonchev–Trinajstić information content (AvgIpc) is 3.51. The number of ether oxygens (including phenoxy) is 1. The van der Waals surface area contributed by atoms with E-state index >= 15 is 0 Å². The zero-order chi connectivity index (χ0) is 27.1. The van der Waals surface area contributed by atoms with E-state index in [9.17, 15) is 26.0 Å². The van der Waals surface area contributed by atoms with Crippen molar-refractivity contribution in [1.29, 1.82) is 0 Å². The molecule has 3 aromatic heterocycles. The first-order chi connectivity index (χ1) is 18.0. The molecule has 1 fully saturated rings. The Bertz CT molecular complexity index is 1540. The fourth-order valence-corrected chi connectivity index (χ4v) is 6.69. The summed E-state index contributed by atoms with van der Waals surface area (Å²) in [6.45, 7) is 0.717. The minimum Gasteiger partial charge on any atom is -0.403 e. The normalized spacial score (nSPS) is 16.4. The fourth-order valence-electron chi connectivity index (χ4n) is 4.69. The zero-order valence-corrected chi connectivity index (χ0v) is 21.9. The van der Waals surface area contributed by atoms with Gasteiger partial charge in [-0.05, 0) is 62.2 Å². The van der Waals surface area contributed by atoms with Gasteiger partial charge in [0.15, 0.2) is 11.6 Å². The lowest BCUT2D eigenvalue weighted by atomic mass is 10.1. The van der Waals surface area contributed by atoms with Crippen LogP contribution in [-0.2, 0) is 16.3 Å². The number of pyridine rings is 1. The third-order valence-corrected chi connectivity index (χ3v) is 9.02. The minimum atomic E-state index is -4.99. The Kier molecular flexibility index (Phi) is 7.18. The van der Waals surface area contributed by atoms with Crippen molar-refractivity contribution in [1.82, 2.24) is 19.4 Å². The number of nitrogens with zero attached hydrogens (tertiary/aromatic N) is 4. The second-order valence-corrected chi connectivity index (χ2v) is 12.3. The molecule has 202 valence electrons. The van der Waals surface area contributed by atoms with Crippen molar-refractivity contribution in [3.05, 3.63) is 58.8 Å². The van der Waals surface area contributed by atoms with Gasteiger partial charge in [-0.1, -0.05) is 0 Å². The number of aromatic nitrogens is 3. The first kappa shape index (κ1) is 26.6. The van der Waals surface area contributed by atoms with Crippen LogP contribution in [0.2, 0.25) is 0 Å². The summed E-state index contributed by atoms with van der Waals surface area (Å²) in [4.78, 5) is 11.3. The van der Waals surface area contributed by atoms with Crippen LogP contribution >= 0.6 is 11.3 Å². The Labute approximate surface area is 220 Å². The SMILES string of the molecule is CN(CCc1cn(-c2cscn2)c2nc(-c3ccc(OC(F)(F)F)c(F)c3)ccc12)C1CCS(=O)(=O)CC1. The Morgan fingerprint density at radius 3 is 2.61 bits per heavy atom. The summed E-state index contributed by atoms with van der Waals surface area (Å²) in [6, 6.07) is 6.99. The van der Waals surface area contributed by atoms with Crippen LogP contribution in [0, 0.1) is 5.82 Å². The summed E-state index contributed by atoms with van der Waals surface area (Å²) >= 11 is 1.43. The quantitative estimate of drug-likeness (QED) is 0.284. The summed E-state index contributed by atoms with van der Waals surface area (Å²) in [5.74, 6) is -0.962. The molecule has 1 aliphatic heterocycles. The molecule has 38 heavy (non-hydrogen) atoms. The fraction of sp³-hybridized carbons (Fsp3) is 0.360. The second kappa shape index (κ2) is 10.3. The van der Waals surface area contributed by atoms with E-state index in [1.54, 1.807) is 11.6 Å². The smallest absolute Gasteiger partial charge is 0.403 e. The van der Waals surface area contributed by atoms with E-state index in [-0.39, 0.29) is 17.5 Å². The highest BCUT2D eigenvalue weighted by Gasteiger charge is 2.32. The van der Waals surface area contributed by atoms with Gasteiger partial charge in [-0.3, -0.25) is 4.57 Å². The van der Waals surface area contributed by atoms with Gasteiger partial charge in [0.1, 0.15) is 21.3 Å². The van der Waals surface area contributed by atoms with Crippen molar-refractivity contribution in [2.75, 3.05) is 25.1 Å². The lowest BCUT2D eigenvalue weighted by Crippen LogP contribution is -2.39. The molecule has 0 atom stereocenters. The molecule has 5 rings (SSSR count). The molecule has 0 bridgehead atoms. The van der Waals surface area contributed by atoms with Gasteiger partial charge in [-0.25, -0.2) is 22.8 Å². The molecule has 0 spiro atoms. The van der Waals surface area contributed by atoms with Gasteiger partial charge in [0.2, 0.25) is 0 Å². The third kappa shape index (κ3) is 5.84. The van der Waals surface area contributed by atoms with E-state index in [2.05, 4.69) is 14.6 Å². The molecule has 4 aromatic rings. The zero-order valence-electron chi connectivity index (χ0n) is 20.3.